The van der Waals surface area contributed by atoms with Crippen LogP contribution in [0, 0.1) is 0 Å². The number of hydrogen-bond acceptors (Lipinski definition) is 3. The van der Waals surface area contributed by atoms with Crippen LogP contribution in [0.4, 0.5) is 0 Å². The van der Waals surface area contributed by atoms with E-state index in [1.54, 1.807) is 0 Å². The van der Waals surface area contributed by atoms with Gasteiger partial charge in [-0.25, -0.2) is 0 Å². The van der Waals surface area contributed by atoms with Crippen LogP contribution in [0.2, 0.25) is 0 Å². The second-order valence-electron chi connectivity index (χ2n) is 4.98. The van der Waals surface area contributed by atoms with Gasteiger partial charge in [0.1, 0.15) is 0 Å². The lowest BCUT2D eigenvalue weighted by atomic mass is 10.2. The summed E-state index contributed by atoms with van der Waals surface area (Å²) >= 11 is 1.83. The molecule has 2 unspecified atom stereocenters. The second kappa shape index (κ2) is 7.17. The summed E-state index contributed by atoms with van der Waals surface area (Å²) in [7, 11) is 0. The zero-order valence-electron chi connectivity index (χ0n) is 11.1. The normalized spacial score (nSPS) is 23.4. The Kier molecular flexibility index (Phi) is 5.54. The maximum Gasteiger partial charge on any atom is 0.0662 e. The Morgan fingerprint density at radius 1 is 1.28 bits per heavy atom. The van der Waals surface area contributed by atoms with E-state index in [9.17, 15) is 5.11 Å². The Labute approximate surface area is 114 Å². The van der Waals surface area contributed by atoms with Gasteiger partial charge in [-0.3, -0.25) is 0 Å². The Bertz CT molecular complexity index is 352. The summed E-state index contributed by atoms with van der Waals surface area (Å²) in [6.45, 7) is 4.20. The first-order chi connectivity index (χ1) is 8.79. The summed E-state index contributed by atoms with van der Waals surface area (Å²) in [4.78, 5) is 1.28. The average molecular weight is 265 g/mol. The standard InChI is InChI=1S/C15H23NOS/c1-2-10-16-11-12-6-8-13(9-7-12)18-15-5-3-4-14(15)17/h6-9,14-17H,2-5,10-11H2,1H3. The van der Waals surface area contributed by atoms with E-state index in [1.807, 2.05) is 11.8 Å². The lowest BCUT2D eigenvalue weighted by Gasteiger charge is -2.14. The van der Waals surface area contributed by atoms with Gasteiger partial charge in [0.25, 0.3) is 0 Å². The SMILES string of the molecule is CCCNCc1ccc(SC2CCCC2O)cc1. The first-order valence-corrected chi connectivity index (χ1v) is 7.82. The van der Waals surface area contributed by atoms with Gasteiger partial charge in [-0.15, -0.1) is 11.8 Å². The Balaban J connectivity index is 1.83. The molecule has 2 nitrogen and oxygen atoms in total. The van der Waals surface area contributed by atoms with Gasteiger partial charge in [0.2, 0.25) is 0 Å². The maximum atomic E-state index is 9.82. The molecule has 0 heterocycles. The summed E-state index contributed by atoms with van der Waals surface area (Å²) in [6.07, 6.45) is 4.34. The minimum absolute atomic E-state index is 0.110. The number of nitrogens with one attached hydrogen (secondary N) is 1. The maximum absolute atomic E-state index is 9.82. The molecule has 100 valence electrons. The summed E-state index contributed by atoms with van der Waals surface area (Å²) in [5, 5.41) is 13.6. The molecule has 2 N–H and O–H groups in total. The van der Waals surface area contributed by atoms with Crippen molar-refractivity contribution in [3.05, 3.63) is 29.8 Å². The molecule has 1 saturated carbocycles. The van der Waals surface area contributed by atoms with Crippen molar-refractivity contribution in [2.24, 2.45) is 0 Å². The topological polar surface area (TPSA) is 32.3 Å². The highest BCUT2D eigenvalue weighted by Crippen LogP contribution is 2.34. The molecular weight excluding hydrogens is 242 g/mol. The Hall–Kier alpha value is -0.510. The van der Waals surface area contributed by atoms with E-state index in [0.717, 1.165) is 32.4 Å². The molecule has 0 spiro atoms. The molecule has 2 rings (SSSR count). The van der Waals surface area contributed by atoms with Crippen LogP contribution in [0.5, 0.6) is 0 Å². The van der Waals surface area contributed by atoms with Crippen molar-refractivity contribution in [3.8, 4) is 0 Å². The second-order valence-corrected chi connectivity index (χ2v) is 6.29. The quantitative estimate of drug-likeness (QED) is 0.775. The first-order valence-electron chi connectivity index (χ1n) is 6.94. The number of hydrogen-bond donors (Lipinski definition) is 2. The van der Waals surface area contributed by atoms with E-state index in [2.05, 4.69) is 36.5 Å². The molecule has 3 heteroatoms. The van der Waals surface area contributed by atoms with Gasteiger partial charge in [-0.1, -0.05) is 19.1 Å². The van der Waals surface area contributed by atoms with Gasteiger partial charge in [0.05, 0.1) is 6.10 Å². The van der Waals surface area contributed by atoms with Crippen molar-refractivity contribution < 1.29 is 5.11 Å². The summed E-state index contributed by atoms with van der Waals surface area (Å²) in [5.41, 5.74) is 1.33. The van der Waals surface area contributed by atoms with Crippen LogP contribution in [0.25, 0.3) is 0 Å². The molecule has 0 bridgehead atoms. The van der Waals surface area contributed by atoms with Crippen molar-refractivity contribution in [3.63, 3.8) is 0 Å². The molecule has 1 aromatic rings. The van der Waals surface area contributed by atoms with Crippen LogP contribution in [-0.2, 0) is 6.54 Å². The fourth-order valence-electron chi connectivity index (χ4n) is 2.31. The monoisotopic (exact) mass is 265 g/mol. The Morgan fingerprint density at radius 3 is 2.67 bits per heavy atom. The number of rotatable bonds is 6. The fraction of sp³-hybridized carbons (Fsp3) is 0.600. The highest BCUT2D eigenvalue weighted by Gasteiger charge is 2.25. The van der Waals surface area contributed by atoms with Crippen LogP contribution in [0.15, 0.2) is 29.2 Å². The molecule has 0 saturated heterocycles. The van der Waals surface area contributed by atoms with Crippen LogP contribution in [0.1, 0.15) is 38.2 Å². The summed E-state index contributed by atoms with van der Waals surface area (Å²) < 4.78 is 0. The number of aliphatic hydroxyl groups is 1. The van der Waals surface area contributed by atoms with E-state index < -0.39 is 0 Å². The summed E-state index contributed by atoms with van der Waals surface area (Å²) in [5.74, 6) is 0. The van der Waals surface area contributed by atoms with Crippen LogP contribution in [0.3, 0.4) is 0 Å². The van der Waals surface area contributed by atoms with Crippen molar-refractivity contribution in [2.45, 2.75) is 55.4 Å². The average Bonchev–Trinajstić information content (AvgIpc) is 2.78. The molecule has 1 aliphatic carbocycles. The van der Waals surface area contributed by atoms with E-state index in [1.165, 1.54) is 16.9 Å². The highest BCUT2D eigenvalue weighted by molar-refractivity contribution is 8.00. The van der Waals surface area contributed by atoms with Crippen molar-refractivity contribution in [1.82, 2.24) is 5.32 Å². The summed E-state index contributed by atoms with van der Waals surface area (Å²) in [6, 6.07) is 8.73. The predicted octanol–water partition coefficient (Wildman–Crippen LogP) is 3.19. The largest absolute Gasteiger partial charge is 0.392 e. The van der Waals surface area contributed by atoms with E-state index in [-0.39, 0.29) is 6.10 Å². The van der Waals surface area contributed by atoms with Crippen molar-refractivity contribution in [2.75, 3.05) is 6.54 Å². The van der Waals surface area contributed by atoms with Crippen LogP contribution < -0.4 is 5.32 Å². The molecule has 0 amide bonds. The molecule has 0 aromatic heterocycles. The molecular formula is C15H23NOS. The zero-order valence-corrected chi connectivity index (χ0v) is 11.9. The Morgan fingerprint density at radius 2 is 2.06 bits per heavy atom. The van der Waals surface area contributed by atoms with Crippen molar-refractivity contribution >= 4 is 11.8 Å². The zero-order chi connectivity index (χ0) is 12.8. The predicted molar refractivity (Wildman–Crippen MR) is 77.9 cm³/mol. The minimum atomic E-state index is -0.110. The highest BCUT2D eigenvalue weighted by atomic mass is 32.2. The number of aliphatic hydroxyl groups excluding tert-OH is 1. The lowest BCUT2D eigenvalue weighted by Crippen LogP contribution is -2.15. The third-order valence-electron chi connectivity index (χ3n) is 3.38. The first kappa shape index (κ1) is 13.9. The van der Waals surface area contributed by atoms with E-state index in [0.29, 0.717) is 5.25 Å². The smallest absolute Gasteiger partial charge is 0.0662 e. The van der Waals surface area contributed by atoms with Crippen LogP contribution >= 0.6 is 11.8 Å². The van der Waals surface area contributed by atoms with E-state index >= 15 is 0 Å². The van der Waals surface area contributed by atoms with Gasteiger partial charge >= 0.3 is 0 Å². The third kappa shape index (κ3) is 4.01. The van der Waals surface area contributed by atoms with Crippen LogP contribution in [-0.4, -0.2) is 23.0 Å². The molecule has 1 fully saturated rings. The number of thioether (sulfide) groups is 1. The van der Waals surface area contributed by atoms with Gasteiger partial charge in [0.15, 0.2) is 0 Å². The van der Waals surface area contributed by atoms with E-state index in [4.69, 9.17) is 0 Å². The molecule has 1 aliphatic rings. The molecule has 2 atom stereocenters. The van der Waals surface area contributed by atoms with Gasteiger partial charge < -0.3 is 10.4 Å². The van der Waals surface area contributed by atoms with Gasteiger partial charge in [-0.05, 0) is 49.9 Å². The lowest BCUT2D eigenvalue weighted by molar-refractivity contribution is 0.188. The number of benzene rings is 1. The minimum Gasteiger partial charge on any atom is -0.392 e. The molecule has 18 heavy (non-hydrogen) atoms. The third-order valence-corrected chi connectivity index (χ3v) is 4.78. The van der Waals surface area contributed by atoms with Gasteiger partial charge in [-0.2, -0.15) is 0 Å². The van der Waals surface area contributed by atoms with Crippen molar-refractivity contribution in [1.29, 1.82) is 0 Å². The molecule has 0 aliphatic heterocycles. The fourth-order valence-corrected chi connectivity index (χ4v) is 3.53. The molecule has 0 radical (unpaired) electrons. The molecule has 1 aromatic carbocycles. The van der Waals surface area contributed by atoms with Gasteiger partial charge in [0, 0.05) is 16.7 Å².